The van der Waals surface area contributed by atoms with Crippen molar-refractivity contribution in [3.05, 3.63) is 0 Å². The minimum absolute atomic E-state index is 0.0721. The lowest BCUT2D eigenvalue weighted by molar-refractivity contribution is -0.143. The highest BCUT2D eigenvalue weighted by atomic mass is 32.2. The highest BCUT2D eigenvalue weighted by Crippen LogP contribution is 2.27. The predicted octanol–water partition coefficient (Wildman–Crippen LogP) is 0.266. The Bertz CT molecular complexity index is 519. The van der Waals surface area contributed by atoms with Gasteiger partial charge in [-0.05, 0) is 32.1 Å². The number of hydrogen-bond acceptors (Lipinski definition) is 4. The van der Waals surface area contributed by atoms with Crippen molar-refractivity contribution in [2.75, 3.05) is 19.3 Å². The number of aliphatic carboxylic acids is 1. The molecule has 2 aliphatic rings. The van der Waals surface area contributed by atoms with Gasteiger partial charge < -0.3 is 10.0 Å². The minimum Gasteiger partial charge on any atom is -0.481 e. The number of likely N-dealkylation sites (tertiary alicyclic amines) is 1. The van der Waals surface area contributed by atoms with Gasteiger partial charge >= 0.3 is 5.97 Å². The minimum atomic E-state index is -3.41. The summed E-state index contributed by atoms with van der Waals surface area (Å²) in [6.07, 6.45) is 4.64. The second-order valence-corrected chi connectivity index (χ2v) is 7.75. The molecule has 0 spiro atoms. The maximum absolute atomic E-state index is 12.7. The van der Waals surface area contributed by atoms with E-state index < -0.39 is 22.0 Å². The zero-order chi connectivity index (χ0) is 15.6. The van der Waals surface area contributed by atoms with E-state index in [-0.39, 0.29) is 18.4 Å². The quantitative estimate of drug-likeness (QED) is 0.802. The molecule has 0 aromatic heterocycles. The first-order chi connectivity index (χ1) is 9.80. The van der Waals surface area contributed by atoms with Gasteiger partial charge in [-0.1, -0.05) is 0 Å². The normalized spacial score (nSPS) is 27.8. The number of piperidine rings is 1. The molecule has 0 aliphatic carbocycles. The maximum atomic E-state index is 12.7. The molecule has 2 rings (SSSR count). The van der Waals surface area contributed by atoms with Gasteiger partial charge in [-0.25, -0.2) is 8.42 Å². The van der Waals surface area contributed by atoms with Crippen LogP contribution < -0.4 is 0 Å². The van der Waals surface area contributed by atoms with E-state index in [0.29, 0.717) is 32.4 Å². The van der Waals surface area contributed by atoms with E-state index in [0.717, 1.165) is 19.1 Å². The number of carbonyl (C=O) groups is 2. The van der Waals surface area contributed by atoms with Crippen LogP contribution in [0.15, 0.2) is 0 Å². The zero-order valence-electron chi connectivity index (χ0n) is 12.2. The summed E-state index contributed by atoms with van der Waals surface area (Å²) >= 11 is 0. The highest BCUT2D eigenvalue weighted by molar-refractivity contribution is 7.88. The molecule has 7 nitrogen and oxygen atoms in total. The van der Waals surface area contributed by atoms with Gasteiger partial charge in [0.15, 0.2) is 0 Å². The summed E-state index contributed by atoms with van der Waals surface area (Å²) in [7, 11) is -3.41. The van der Waals surface area contributed by atoms with E-state index >= 15 is 0 Å². The molecule has 0 saturated carbocycles. The van der Waals surface area contributed by atoms with Crippen LogP contribution >= 0.6 is 0 Å². The SMILES string of the molecule is CS(=O)(=O)N1CCCC1C(=O)N1CCCCC1CC(=O)O. The lowest BCUT2D eigenvalue weighted by atomic mass is 9.98. The first kappa shape index (κ1) is 16.2. The second kappa shape index (κ2) is 6.31. The first-order valence-corrected chi connectivity index (χ1v) is 9.14. The average Bonchev–Trinajstić information content (AvgIpc) is 2.87. The molecule has 21 heavy (non-hydrogen) atoms. The molecule has 8 heteroatoms. The number of hydrogen-bond donors (Lipinski definition) is 1. The fourth-order valence-corrected chi connectivity index (χ4v) is 4.40. The molecule has 0 aromatic carbocycles. The number of amides is 1. The summed E-state index contributed by atoms with van der Waals surface area (Å²) in [4.78, 5) is 25.2. The van der Waals surface area contributed by atoms with Crippen LogP contribution in [0.2, 0.25) is 0 Å². The molecule has 1 N–H and O–H groups in total. The van der Waals surface area contributed by atoms with Gasteiger partial charge in [-0.3, -0.25) is 9.59 Å². The number of rotatable bonds is 4. The summed E-state index contributed by atoms with van der Waals surface area (Å²) in [6, 6.07) is -0.972. The topological polar surface area (TPSA) is 95.0 Å². The fraction of sp³-hybridized carbons (Fsp3) is 0.846. The van der Waals surface area contributed by atoms with Gasteiger partial charge in [-0.2, -0.15) is 4.31 Å². The van der Waals surface area contributed by atoms with Crippen molar-refractivity contribution in [3.8, 4) is 0 Å². The number of nitrogens with zero attached hydrogens (tertiary/aromatic N) is 2. The molecule has 0 bridgehead atoms. The van der Waals surface area contributed by atoms with Crippen LogP contribution in [-0.4, -0.2) is 66.0 Å². The van der Waals surface area contributed by atoms with Gasteiger partial charge in [0, 0.05) is 19.1 Å². The number of carboxylic acid groups (broad SMARTS) is 1. The smallest absolute Gasteiger partial charge is 0.305 e. The van der Waals surface area contributed by atoms with Crippen molar-refractivity contribution in [2.45, 2.75) is 50.6 Å². The Kier molecular flexibility index (Phi) is 4.88. The Labute approximate surface area is 125 Å². The van der Waals surface area contributed by atoms with Crippen LogP contribution in [0, 0.1) is 0 Å². The third-order valence-electron chi connectivity index (χ3n) is 4.24. The molecule has 0 aromatic rings. The molecule has 2 atom stereocenters. The Morgan fingerprint density at radius 3 is 2.48 bits per heavy atom. The first-order valence-electron chi connectivity index (χ1n) is 7.30. The second-order valence-electron chi connectivity index (χ2n) is 5.81. The van der Waals surface area contributed by atoms with Crippen molar-refractivity contribution >= 4 is 21.9 Å². The largest absolute Gasteiger partial charge is 0.481 e. The lowest BCUT2D eigenvalue weighted by Crippen LogP contribution is -2.53. The molecule has 1 amide bonds. The van der Waals surface area contributed by atoms with Gasteiger partial charge in [0.2, 0.25) is 15.9 Å². The lowest BCUT2D eigenvalue weighted by Gasteiger charge is -2.37. The van der Waals surface area contributed by atoms with Crippen LogP contribution in [0.25, 0.3) is 0 Å². The Morgan fingerprint density at radius 2 is 1.86 bits per heavy atom. The van der Waals surface area contributed by atoms with Crippen LogP contribution in [-0.2, 0) is 19.6 Å². The van der Waals surface area contributed by atoms with Crippen molar-refractivity contribution in [1.29, 1.82) is 0 Å². The van der Waals surface area contributed by atoms with Crippen molar-refractivity contribution in [3.63, 3.8) is 0 Å². The van der Waals surface area contributed by atoms with Crippen molar-refractivity contribution in [1.82, 2.24) is 9.21 Å². The molecule has 2 heterocycles. The summed E-state index contributed by atoms with van der Waals surface area (Å²) < 4.78 is 24.8. The molecular weight excluding hydrogens is 296 g/mol. The van der Waals surface area contributed by atoms with E-state index in [2.05, 4.69) is 0 Å². The summed E-state index contributed by atoms with van der Waals surface area (Å²) in [5.41, 5.74) is 0. The predicted molar refractivity (Wildman–Crippen MR) is 76.2 cm³/mol. The Balaban J connectivity index is 2.14. The fourth-order valence-electron chi connectivity index (χ4n) is 3.28. The van der Waals surface area contributed by atoms with Crippen LogP contribution in [0.4, 0.5) is 0 Å². The number of carbonyl (C=O) groups excluding carboxylic acids is 1. The van der Waals surface area contributed by atoms with E-state index in [1.54, 1.807) is 4.90 Å². The molecule has 2 aliphatic heterocycles. The molecule has 2 fully saturated rings. The molecular formula is C13H22N2O5S. The monoisotopic (exact) mass is 318 g/mol. The van der Waals surface area contributed by atoms with E-state index in [4.69, 9.17) is 5.11 Å². The van der Waals surface area contributed by atoms with Crippen molar-refractivity contribution < 1.29 is 23.1 Å². The maximum Gasteiger partial charge on any atom is 0.305 e. The van der Waals surface area contributed by atoms with E-state index in [1.807, 2.05) is 0 Å². The molecule has 0 radical (unpaired) electrons. The van der Waals surface area contributed by atoms with E-state index in [9.17, 15) is 18.0 Å². The van der Waals surface area contributed by atoms with Crippen LogP contribution in [0.3, 0.4) is 0 Å². The Hall–Kier alpha value is -1.15. The zero-order valence-corrected chi connectivity index (χ0v) is 13.0. The van der Waals surface area contributed by atoms with Crippen LogP contribution in [0.1, 0.15) is 38.5 Å². The van der Waals surface area contributed by atoms with Crippen LogP contribution in [0.5, 0.6) is 0 Å². The molecule has 2 saturated heterocycles. The molecule has 2 unspecified atom stereocenters. The summed E-state index contributed by atoms with van der Waals surface area (Å²) in [5.74, 6) is -1.16. The summed E-state index contributed by atoms with van der Waals surface area (Å²) in [5, 5.41) is 8.97. The van der Waals surface area contributed by atoms with Gasteiger partial charge in [0.05, 0.1) is 12.7 Å². The van der Waals surface area contributed by atoms with Crippen molar-refractivity contribution in [2.24, 2.45) is 0 Å². The van der Waals surface area contributed by atoms with Gasteiger partial charge in [0.1, 0.15) is 6.04 Å². The third-order valence-corrected chi connectivity index (χ3v) is 5.52. The standard InChI is InChI=1S/C13H22N2O5S/c1-21(19,20)15-8-4-6-11(15)13(18)14-7-3-2-5-10(14)9-12(16)17/h10-11H,2-9H2,1H3,(H,16,17). The Morgan fingerprint density at radius 1 is 1.14 bits per heavy atom. The number of carboxylic acids is 1. The molecule has 120 valence electrons. The highest BCUT2D eigenvalue weighted by Gasteiger charge is 2.41. The third kappa shape index (κ3) is 3.74. The van der Waals surface area contributed by atoms with E-state index in [1.165, 1.54) is 4.31 Å². The van der Waals surface area contributed by atoms with Gasteiger partial charge in [0.25, 0.3) is 0 Å². The average molecular weight is 318 g/mol. The summed E-state index contributed by atoms with van der Waals surface area (Å²) in [6.45, 7) is 0.886. The number of sulfonamides is 1. The van der Waals surface area contributed by atoms with Gasteiger partial charge in [-0.15, -0.1) is 0 Å².